The number of likely N-dealkylation sites (tertiary alicyclic amines) is 1. The van der Waals surface area contributed by atoms with Crippen LogP contribution in [-0.4, -0.2) is 51.4 Å². The molecule has 1 aromatic rings. The second-order valence-electron chi connectivity index (χ2n) is 5.43. The highest BCUT2D eigenvalue weighted by atomic mass is 16.1. The first-order valence-corrected chi connectivity index (χ1v) is 7.03. The fourth-order valence-electron chi connectivity index (χ4n) is 2.45. The Bertz CT molecular complexity index is 382. The number of H-pyrrole nitrogens is 1. The van der Waals surface area contributed by atoms with Gasteiger partial charge in [0.25, 0.3) is 0 Å². The molecule has 0 aliphatic carbocycles. The van der Waals surface area contributed by atoms with Gasteiger partial charge >= 0.3 is 0 Å². The molecule has 6 heteroatoms. The summed E-state index contributed by atoms with van der Waals surface area (Å²) in [5, 5.41) is 13.3. The highest BCUT2D eigenvalue weighted by molar-refractivity contribution is 5.76. The Kier molecular flexibility index (Phi) is 4.90. The van der Waals surface area contributed by atoms with Crippen LogP contribution in [0.1, 0.15) is 38.8 Å². The van der Waals surface area contributed by atoms with Crippen LogP contribution in [0.15, 0.2) is 6.20 Å². The van der Waals surface area contributed by atoms with Crippen molar-refractivity contribution in [3.63, 3.8) is 0 Å². The summed E-state index contributed by atoms with van der Waals surface area (Å²) in [6.07, 6.45) is 4.89. The first kappa shape index (κ1) is 14.0. The Morgan fingerprint density at radius 3 is 2.84 bits per heavy atom. The van der Waals surface area contributed by atoms with Crippen molar-refractivity contribution in [1.82, 2.24) is 25.6 Å². The Morgan fingerprint density at radius 2 is 2.26 bits per heavy atom. The van der Waals surface area contributed by atoms with E-state index < -0.39 is 0 Å². The van der Waals surface area contributed by atoms with E-state index in [1.807, 2.05) is 0 Å². The van der Waals surface area contributed by atoms with Crippen molar-refractivity contribution >= 4 is 5.91 Å². The Hall–Kier alpha value is -1.43. The quantitative estimate of drug-likeness (QED) is 0.823. The van der Waals surface area contributed by atoms with Crippen molar-refractivity contribution < 1.29 is 4.79 Å². The average Bonchev–Trinajstić information content (AvgIpc) is 2.90. The van der Waals surface area contributed by atoms with Gasteiger partial charge in [0, 0.05) is 38.0 Å². The molecular formula is C13H23N5O. The summed E-state index contributed by atoms with van der Waals surface area (Å²) < 4.78 is 0. The van der Waals surface area contributed by atoms with Gasteiger partial charge in [-0.1, -0.05) is 0 Å². The molecule has 0 aromatic carbocycles. The molecule has 0 unspecified atom stereocenters. The summed E-state index contributed by atoms with van der Waals surface area (Å²) in [4.78, 5) is 14.3. The molecule has 1 aliphatic rings. The Labute approximate surface area is 113 Å². The van der Waals surface area contributed by atoms with E-state index in [2.05, 4.69) is 39.5 Å². The van der Waals surface area contributed by atoms with Gasteiger partial charge in [0.15, 0.2) is 0 Å². The van der Waals surface area contributed by atoms with Crippen LogP contribution < -0.4 is 5.32 Å². The van der Waals surface area contributed by atoms with E-state index in [-0.39, 0.29) is 5.91 Å². The summed E-state index contributed by atoms with van der Waals surface area (Å²) in [5.74, 6) is 0.117. The van der Waals surface area contributed by atoms with Gasteiger partial charge in [-0.05, 0) is 26.7 Å². The van der Waals surface area contributed by atoms with Crippen molar-refractivity contribution in [3.05, 3.63) is 11.9 Å². The third-order valence-corrected chi connectivity index (χ3v) is 3.70. The molecule has 1 saturated heterocycles. The number of aromatic nitrogens is 3. The van der Waals surface area contributed by atoms with Gasteiger partial charge < -0.3 is 10.2 Å². The van der Waals surface area contributed by atoms with Crippen LogP contribution in [0, 0.1) is 0 Å². The van der Waals surface area contributed by atoms with Crippen molar-refractivity contribution in [2.75, 3.05) is 13.1 Å². The molecule has 2 N–H and O–H groups in total. The van der Waals surface area contributed by atoms with Gasteiger partial charge in [0.1, 0.15) is 0 Å². The van der Waals surface area contributed by atoms with Gasteiger partial charge in [0.05, 0.1) is 11.9 Å². The first-order chi connectivity index (χ1) is 9.15. The first-order valence-electron chi connectivity index (χ1n) is 7.03. The van der Waals surface area contributed by atoms with E-state index in [0.717, 1.165) is 31.6 Å². The lowest BCUT2D eigenvalue weighted by molar-refractivity contribution is -0.122. The number of nitrogens with zero attached hydrogens (tertiary/aromatic N) is 3. The molecule has 6 nitrogen and oxygen atoms in total. The zero-order valence-corrected chi connectivity index (χ0v) is 11.7. The minimum Gasteiger partial charge on any atom is -0.353 e. The monoisotopic (exact) mass is 265 g/mol. The molecule has 0 bridgehead atoms. The van der Waals surface area contributed by atoms with Crippen LogP contribution in [-0.2, 0) is 11.2 Å². The molecule has 1 amide bonds. The van der Waals surface area contributed by atoms with Crippen molar-refractivity contribution in [2.45, 2.75) is 51.6 Å². The summed E-state index contributed by atoms with van der Waals surface area (Å²) in [6.45, 7) is 6.59. The van der Waals surface area contributed by atoms with Crippen LogP contribution in [0.2, 0.25) is 0 Å². The fraction of sp³-hybridized carbons (Fsp3) is 0.769. The molecular weight excluding hydrogens is 242 g/mol. The molecule has 19 heavy (non-hydrogen) atoms. The lowest BCUT2D eigenvalue weighted by Crippen LogP contribution is -2.46. The predicted octanol–water partition coefficient (Wildman–Crippen LogP) is 0.726. The molecule has 1 aliphatic heterocycles. The number of aromatic amines is 1. The van der Waals surface area contributed by atoms with Crippen LogP contribution in [0.25, 0.3) is 0 Å². The van der Waals surface area contributed by atoms with Crippen LogP contribution in [0.3, 0.4) is 0 Å². The molecule has 1 fully saturated rings. The van der Waals surface area contributed by atoms with E-state index in [1.165, 1.54) is 0 Å². The van der Waals surface area contributed by atoms with E-state index in [0.29, 0.717) is 24.9 Å². The van der Waals surface area contributed by atoms with Crippen molar-refractivity contribution in [1.29, 1.82) is 0 Å². The van der Waals surface area contributed by atoms with E-state index in [4.69, 9.17) is 0 Å². The number of carbonyl (C=O) groups excluding carboxylic acids is 1. The van der Waals surface area contributed by atoms with Gasteiger partial charge in [-0.25, -0.2) is 0 Å². The lowest BCUT2D eigenvalue weighted by atomic mass is 10.0. The standard InChI is InChI=1S/C13H23N5O/c1-10(2)18-7-5-11(6-8-18)15-13(19)4-3-12-9-14-17-16-12/h9-11H,3-8H2,1-2H3,(H,15,19)(H,14,16,17). The molecule has 2 heterocycles. The molecule has 0 atom stereocenters. The van der Waals surface area contributed by atoms with Crippen LogP contribution in [0.4, 0.5) is 0 Å². The number of amides is 1. The minimum absolute atomic E-state index is 0.117. The number of hydrogen-bond acceptors (Lipinski definition) is 4. The molecule has 0 saturated carbocycles. The topological polar surface area (TPSA) is 73.9 Å². The van der Waals surface area contributed by atoms with E-state index in [1.54, 1.807) is 6.20 Å². The Morgan fingerprint density at radius 1 is 1.53 bits per heavy atom. The Balaban J connectivity index is 1.66. The zero-order chi connectivity index (χ0) is 13.7. The van der Waals surface area contributed by atoms with Gasteiger partial charge in [-0.15, -0.1) is 0 Å². The summed E-state index contributed by atoms with van der Waals surface area (Å²) in [6, 6.07) is 0.934. The lowest BCUT2D eigenvalue weighted by Gasteiger charge is -2.34. The molecule has 2 rings (SSSR count). The molecule has 0 radical (unpaired) electrons. The highest BCUT2D eigenvalue weighted by Gasteiger charge is 2.21. The number of rotatable bonds is 5. The van der Waals surface area contributed by atoms with Crippen LogP contribution in [0.5, 0.6) is 0 Å². The fourth-order valence-corrected chi connectivity index (χ4v) is 2.45. The van der Waals surface area contributed by atoms with Gasteiger partial charge in [0.2, 0.25) is 5.91 Å². The van der Waals surface area contributed by atoms with Crippen LogP contribution >= 0.6 is 0 Å². The van der Waals surface area contributed by atoms with Gasteiger partial charge in [-0.2, -0.15) is 15.4 Å². The number of nitrogens with one attached hydrogen (secondary N) is 2. The summed E-state index contributed by atoms with van der Waals surface area (Å²) in [5.41, 5.74) is 0.838. The summed E-state index contributed by atoms with van der Waals surface area (Å²) >= 11 is 0. The number of carbonyl (C=O) groups is 1. The average molecular weight is 265 g/mol. The summed E-state index contributed by atoms with van der Waals surface area (Å²) in [7, 11) is 0. The molecule has 1 aromatic heterocycles. The van der Waals surface area contributed by atoms with E-state index >= 15 is 0 Å². The number of aryl methyl sites for hydroxylation is 1. The highest BCUT2D eigenvalue weighted by Crippen LogP contribution is 2.13. The third kappa shape index (κ3) is 4.31. The maximum atomic E-state index is 11.8. The molecule has 0 spiro atoms. The van der Waals surface area contributed by atoms with E-state index in [9.17, 15) is 4.79 Å². The van der Waals surface area contributed by atoms with Crippen molar-refractivity contribution in [2.24, 2.45) is 0 Å². The largest absolute Gasteiger partial charge is 0.353 e. The number of piperidine rings is 1. The third-order valence-electron chi connectivity index (χ3n) is 3.70. The predicted molar refractivity (Wildman–Crippen MR) is 72.6 cm³/mol. The molecule has 106 valence electrons. The smallest absolute Gasteiger partial charge is 0.220 e. The second kappa shape index (κ2) is 6.65. The minimum atomic E-state index is 0.117. The second-order valence-corrected chi connectivity index (χ2v) is 5.43. The normalized spacial score (nSPS) is 17.8. The zero-order valence-electron chi connectivity index (χ0n) is 11.7. The number of hydrogen-bond donors (Lipinski definition) is 2. The van der Waals surface area contributed by atoms with Gasteiger partial charge in [-0.3, -0.25) is 4.79 Å². The SMILES string of the molecule is CC(C)N1CCC(NC(=O)CCc2cn[nH]n2)CC1. The van der Waals surface area contributed by atoms with Crippen molar-refractivity contribution in [3.8, 4) is 0 Å². The maximum absolute atomic E-state index is 11.8. The maximum Gasteiger partial charge on any atom is 0.220 e.